The van der Waals surface area contributed by atoms with Crippen molar-refractivity contribution in [2.45, 2.75) is 70.3 Å². The molecule has 29 heavy (non-hydrogen) atoms. The summed E-state index contributed by atoms with van der Waals surface area (Å²) in [5.41, 5.74) is 0. The summed E-state index contributed by atoms with van der Waals surface area (Å²) in [4.78, 5) is 24.8. The molecule has 2 N–H and O–H groups in total. The van der Waals surface area contributed by atoms with Crippen molar-refractivity contribution in [3.05, 3.63) is 30.3 Å². The molecule has 0 aromatic heterocycles. The van der Waals surface area contributed by atoms with Crippen LogP contribution in [0.25, 0.3) is 0 Å². The number of ether oxygens (including phenoxy) is 1. The van der Waals surface area contributed by atoms with Crippen LogP contribution in [0.2, 0.25) is 0 Å². The van der Waals surface area contributed by atoms with Crippen LogP contribution in [0.15, 0.2) is 30.3 Å². The summed E-state index contributed by atoms with van der Waals surface area (Å²) in [5, 5.41) is 11.8. The molecule has 1 aromatic rings. The number of aliphatic carboxylic acids is 1. The number of hydrogen-bond acceptors (Lipinski definition) is 4. The second-order valence-corrected chi connectivity index (χ2v) is 7.86. The lowest BCUT2D eigenvalue weighted by Gasteiger charge is -2.20. The molecule has 0 heterocycles. The van der Waals surface area contributed by atoms with E-state index in [4.69, 9.17) is 9.84 Å². The maximum Gasteiger partial charge on any atom is 0.305 e. The molecule has 0 saturated carbocycles. The van der Waals surface area contributed by atoms with E-state index >= 15 is 0 Å². The van der Waals surface area contributed by atoms with E-state index in [0.29, 0.717) is 13.0 Å². The smallest absolute Gasteiger partial charge is 0.305 e. The topological polar surface area (TPSA) is 78.9 Å². The highest BCUT2D eigenvalue weighted by molar-refractivity contribution is 5.77. The van der Waals surface area contributed by atoms with Gasteiger partial charge in [-0.15, -0.1) is 0 Å². The van der Waals surface area contributed by atoms with Gasteiger partial charge in [0.15, 0.2) is 0 Å². The fourth-order valence-electron chi connectivity index (χ4n) is 3.27. The van der Waals surface area contributed by atoms with Crippen LogP contribution < -0.4 is 10.1 Å². The number of nitrogens with zero attached hydrogens (tertiary/aromatic N) is 1. The second kappa shape index (κ2) is 15.8. The highest BCUT2D eigenvalue weighted by Gasteiger charge is 2.16. The summed E-state index contributed by atoms with van der Waals surface area (Å²) < 4.78 is 5.68. The Bertz CT molecular complexity index is 563. The van der Waals surface area contributed by atoms with Gasteiger partial charge in [0.2, 0.25) is 5.91 Å². The van der Waals surface area contributed by atoms with Crippen molar-refractivity contribution in [1.82, 2.24) is 10.2 Å². The van der Waals surface area contributed by atoms with Gasteiger partial charge in [0.25, 0.3) is 0 Å². The first kappa shape index (κ1) is 25.0. The summed E-state index contributed by atoms with van der Waals surface area (Å²) in [5.74, 6) is 0.00725. The molecule has 0 spiro atoms. The predicted octanol–water partition coefficient (Wildman–Crippen LogP) is 4.10. The molecule has 164 valence electrons. The lowest BCUT2D eigenvalue weighted by molar-refractivity contribution is -0.137. The quantitative estimate of drug-likeness (QED) is 0.381. The van der Waals surface area contributed by atoms with E-state index in [1.807, 2.05) is 49.3 Å². The number of rotatable bonds is 17. The van der Waals surface area contributed by atoms with Crippen molar-refractivity contribution < 1.29 is 19.4 Å². The SMILES string of the molecule is CN(C)CC(CC(=O)O)NC(=O)CCCCCCCCCCOc1ccccc1. The van der Waals surface area contributed by atoms with Crippen molar-refractivity contribution >= 4 is 11.9 Å². The third kappa shape index (κ3) is 14.6. The van der Waals surface area contributed by atoms with Crippen molar-refractivity contribution in [2.75, 3.05) is 27.2 Å². The number of carbonyl (C=O) groups is 2. The standard InChI is InChI=1S/C23H38N2O4/c1-25(2)19-20(18-23(27)28)24-22(26)16-12-7-5-3-4-6-8-13-17-29-21-14-10-9-11-15-21/h9-11,14-15,20H,3-8,12-13,16-19H2,1-2H3,(H,24,26)(H,27,28). The van der Waals surface area contributed by atoms with Crippen molar-refractivity contribution in [1.29, 1.82) is 0 Å². The zero-order chi connectivity index (χ0) is 21.3. The zero-order valence-corrected chi connectivity index (χ0v) is 18.1. The fraction of sp³-hybridized carbons (Fsp3) is 0.652. The maximum absolute atomic E-state index is 12.0. The Morgan fingerprint density at radius 2 is 1.55 bits per heavy atom. The second-order valence-electron chi connectivity index (χ2n) is 7.86. The summed E-state index contributed by atoms with van der Waals surface area (Å²) in [6, 6.07) is 9.58. The van der Waals surface area contributed by atoms with Gasteiger partial charge < -0.3 is 20.1 Å². The summed E-state index contributed by atoms with van der Waals surface area (Å²) in [7, 11) is 3.74. The number of nitrogens with one attached hydrogen (secondary N) is 1. The maximum atomic E-state index is 12.0. The molecular formula is C23H38N2O4. The summed E-state index contributed by atoms with van der Waals surface area (Å²) >= 11 is 0. The van der Waals surface area contributed by atoms with Crippen LogP contribution in [-0.2, 0) is 9.59 Å². The van der Waals surface area contributed by atoms with Crippen LogP contribution in [0.1, 0.15) is 64.2 Å². The van der Waals surface area contributed by atoms with E-state index < -0.39 is 5.97 Å². The number of carboxylic acids is 1. The minimum absolute atomic E-state index is 0.0414. The Balaban J connectivity index is 1.95. The van der Waals surface area contributed by atoms with Gasteiger partial charge in [-0.3, -0.25) is 9.59 Å². The number of hydrogen-bond donors (Lipinski definition) is 2. The Kier molecular flexibility index (Phi) is 13.6. The number of carboxylic acid groups (broad SMARTS) is 1. The third-order valence-electron chi connectivity index (χ3n) is 4.68. The van der Waals surface area contributed by atoms with Crippen molar-refractivity contribution in [3.63, 3.8) is 0 Å². The number of carbonyl (C=O) groups excluding carboxylic acids is 1. The van der Waals surface area contributed by atoms with E-state index in [9.17, 15) is 9.59 Å². The van der Waals surface area contributed by atoms with Crippen LogP contribution in [0, 0.1) is 0 Å². The Morgan fingerprint density at radius 3 is 2.14 bits per heavy atom. The zero-order valence-electron chi connectivity index (χ0n) is 18.1. The highest BCUT2D eigenvalue weighted by Crippen LogP contribution is 2.12. The van der Waals surface area contributed by atoms with Gasteiger partial charge in [-0.25, -0.2) is 0 Å². The molecule has 0 fully saturated rings. The van der Waals surface area contributed by atoms with Gasteiger partial charge in [-0.1, -0.05) is 56.7 Å². The predicted molar refractivity (Wildman–Crippen MR) is 116 cm³/mol. The lowest BCUT2D eigenvalue weighted by atomic mass is 10.1. The average molecular weight is 407 g/mol. The number of amides is 1. The molecule has 0 bridgehead atoms. The van der Waals surface area contributed by atoms with Crippen LogP contribution >= 0.6 is 0 Å². The largest absolute Gasteiger partial charge is 0.494 e. The Labute approximate surface area is 175 Å². The highest BCUT2D eigenvalue weighted by atomic mass is 16.5. The molecule has 6 nitrogen and oxygen atoms in total. The molecule has 1 aromatic carbocycles. The third-order valence-corrected chi connectivity index (χ3v) is 4.68. The Hall–Kier alpha value is -2.08. The molecule has 1 atom stereocenters. The Morgan fingerprint density at radius 1 is 0.966 bits per heavy atom. The number of likely N-dealkylation sites (N-methyl/N-ethyl adjacent to an activating group) is 1. The molecule has 0 aliphatic rings. The molecule has 0 saturated heterocycles. The summed E-state index contributed by atoms with van der Waals surface area (Å²) in [6.07, 6.45) is 9.39. The fourth-order valence-corrected chi connectivity index (χ4v) is 3.27. The first-order chi connectivity index (χ1) is 14.0. The van der Waals surface area contributed by atoms with Gasteiger partial charge in [0.05, 0.1) is 19.1 Å². The minimum Gasteiger partial charge on any atom is -0.494 e. The molecule has 0 aliphatic heterocycles. The first-order valence-corrected chi connectivity index (χ1v) is 10.8. The van der Waals surface area contributed by atoms with Gasteiger partial charge in [-0.05, 0) is 39.1 Å². The van der Waals surface area contributed by atoms with Crippen LogP contribution in [0.5, 0.6) is 5.75 Å². The van der Waals surface area contributed by atoms with E-state index in [-0.39, 0.29) is 18.4 Å². The van der Waals surface area contributed by atoms with Gasteiger partial charge in [0, 0.05) is 13.0 Å². The van der Waals surface area contributed by atoms with Crippen molar-refractivity contribution in [3.8, 4) is 5.75 Å². The number of unbranched alkanes of at least 4 members (excludes halogenated alkanes) is 7. The molecule has 1 amide bonds. The average Bonchev–Trinajstić information content (AvgIpc) is 2.65. The monoisotopic (exact) mass is 406 g/mol. The minimum atomic E-state index is -0.885. The van der Waals surface area contributed by atoms with E-state index in [0.717, 1.165) is 38.0 Å². The molecule has 0 aliphatic carbocycles. The number of para-hydroxylation sites is 1. The van der Waals surface area contributed by atoms with Gasteiger partial charge >= 0.3 is 5.97 Å². The van der Waals surface area contributed by atoms with Crippen LogP contribution in [0.3, 0.4) is 0 Å². The van der Waals surface area contributed by atoms with Gasteiger partial charge in [-0.2, -0.15) is 0 Å². The molecular weight excluding hydrogens is 368 g/mol. The number of benzene rings is 1. The normalized spacial score (nSPS) is 12.0. The van der Waals surface area contributed by atoms with E-state index in [2.05, 4.69) is 5.32 Å². The first-order valence-electron chi connectivity index (χ1n) is 10.8. The van der Waals surface area contributed by atoms with Gasteiger partial charge in [0.1, 0.15) is 5.75 Å². The van der Waals surface area contributed by atoms with E-state index in [1.165, 1.54) is 25.7 Å². The summed E-state index contributed by atoms with van der Waals surface area (Å²) in [6.45, 7) is 1.31. The van der Waals surface area contributed by atoms with Crippen LogP contribution in [0.4, 0.5) is 0 Å². The molecule has 1 unspecified atom stereocenters. The molecule has 0 radical (unpaired) electrons. The molecule has 6 heteroatoms. The lowest BCUT2D eigenvalue weighted by Crippen LogP contribution is -2.42. The van der Waals surface area contributed by atoms with Crippen LogP contribution in [-0.4, -0.2) is 55.2 Å². The molecule has 1 rings (SSSR count). The van der Waals surface area contributed by atoms with E-state index in [1.54, 1.807) is 0 Å². The van der Waals surface area contributed by atoms with Crippen molar-refractivity contribution in [2.24, 2.45) is 0 Å².